The summed E-state index contributed by atoms with van der Waals surface area (Å²) >= 11 is 0. The van der Waals surface area contributed by atoms with E-state index in [1.807, 2.05) is 13.8 Å². The summed E-state index contributed by atoms with van der Waals surface area (Å²) in [7, 11) is 0. The Hall–Kier alpha value is -3.87. The molecule has 3 rings (SSSR count). The van der Waals surface area contributed by atoms with Crippen LogP contribution in [0.4, 0.5) is 15.3 Å². The SMILES string of the molecule is CC(C)[C@H](NC(=O)C1CCCCC(N)CC1)C(=O)N[C@@H](CCCNC(N)=O)C(=O)Nc1ccc(COC(=O)NC2CCCCCCCC2)cc1. The average Bonchev–Trinajstić information content (AvgIpc) is 3.20. The third kappa shape index (κ3) is 15.3. The van der Waals surface area contributed by atoms with E-state index < -0.39 is 36.0 Å². The van der Waals surface area contributed by atoms with Gasteiger partial charge in [0, 0.05) is 30.2 Å². The van der Waals surface area contributed by atoms with Gasteiger partial charge in [0.1, 0.15) is 18.7 Å². The van der Waals surface area contributed by atoms with E-state index in [1.54, 1.807) is 24.3 Å². The fourth-order valence-corrected chi connectivity index (χ4v) is 6.67. The van der Waals surface area contributed by atoms with E-state index >= 15 is 0 Å². The van der Waals surface area contributed by atoms with Crippen LogP contribution in [-0.2, 0) is 25.7 Å². The largest absolute Gasteiger partial charge is 0.445 e. The Balaban J connectivity index is 1.57. The van der Waals surface area contributed by atoms with Gasteiger partial charge in [0.15, 0.2) is 0 Å². The first-order chi connectivity index (χ1) is 24.0. The second kappa shape index (κ2) is 22.1. The normalized spacial score (nSPS) is 20.3. The van der Waals surface area contributed by atoms with Gasteiger partial charge in [-0.2, -0.15) is 0 Å². The van der Waals surface area contributed by atoms with Crippen LogP contribution in [-0.4, -0.2) is 60.6 Å². The molecule has 9 N–H and O–H groups in total. The number of amides is 6. The predicted molar refractivity (Wildman–Crippen MR) is 194 cm³/mol. The van der Waals surface area contributed by atoms with Gasteiger partial charge < -0.3 is 42.8 Å². The van der Waals surface area contributed by atoms with Gasteiger partial charge in [0.2, 0.25) is 17.7 Å². The number of rotatable bonds is 14. The molecule has 1 aromatic rings. The zero-order valence-corrected chi connectivity index (χ0v) is 30.1. The van der Waals surface area contributed by atoms with E-state index in [2.05, 4.69) is 26.6 Å². The van der Waals surface area contributed by atoms with Crippen LogP contribution in [0, 0.1) is 11.8 Å². The molecule has 13 heteroatoms. The van der Waals surface area contributed by atoms with Crippen molar-refractivity contribution in [1.82, 2.24) is 21.3 Å². The maximum atomic E-state index is 13.6. The number of carbonyl (C=O) groups excluding carboxylic acids is 5. The lowest BCUT2D eigenvalue weighted by molar-refractivity contribution is -0.133. The average molecular weight is 700 g/mol. The maximum absolute atomic E-state index is 13.6. The third-order valence-electron chi connectivity index (χ3n) is 9.75. The minimum Gasteiger partial charge on any atom is -0.445 e. The maximum Gasteiger partial charge on any atom is 0.407 e. The summed E-state index contributed by atoms with van der Waals surface area (Å²) in [6.45, 7) is 4.01. The summed E-state index contributed by atoms with van der Waals surface area (Å²) in [4.78, 5) is 64.0. The van der Waals surface area contributed by atoms with E-state index in [1.165, 1.54) is 25.7 Å². The lowest BCUT2D eigenvalue weighted by Crippen LogP contribution is -2.55. The lowest BCUT2D eigenvalue weighted by Gasteiger charge is -2.28. The van der Waals surface area contributed by atoms with Crippen LogP contribution < -0.4 is 38.1 Å². The molecule has 13 nitrogen and oxygen atoms in total. The van der Waals surface area contributed by atoms with Gasteiger partial charge in [-0.1, -0.05) is 77.3 Å². The Kier molecular flexibility index (Phi) is 17.9. The molecular weight excluding hydrogens is 638 g/mol. The molecule has 280 valence electrons. The molecule has 0 saturated heterocycles. The number of primary amides is 1. The number of hydrogen-bond donors (Lipinski definition) is 7. The zero-order chi connectivity index (χ0) is 36.3. The van der Waals surface area contributed by atoms with Gasteiger partial charge in [-0.25, -0.2) is 9.59 Å². The molecule has 2 aliphatic carbocycles. The minimum absolute atomic E-state index is 0.0826. The Morgan fingerprint density at radius 1 is 0.800 bits per heavy atom. The quantitative estimate of drug-likeness (QED) is 0.136. The summed E-state index contributed by atoms with van der Waals surface area (Å²) in [6.07, 6.45) is 14.3. The summed E-state index contributed by atoms with van der Waals surface area (Å²) < 4.78 is 5.47. The number of urea groups is 1. The number of benzene rings is 1. The van der Waals surface area contributed by atoms with Crippen LogP contribution in [0.1, 0.15) is 122 Å². The first-order valence-corrected chi connectivity index (χ1v) is 18.7. The Labute approximate surface area is 297 Å². The molecule has 50 heavy (non-hydrogen) atoms. The van der Waals surface area contributed by atoms with E-state index in [0.717, 1.165) is 63.4 Å². The van der Waals surface area contributed by atoms with Gasteiger partial charge in [0.05, 0.1) is 0 Å². The van der Waals surface area contributed by atoms with Crippen molar-refractivity contribution in [1.29, 1.82) is 0 Å². The van der Waals surface area contributed by atoms with Gasteiger partial charge in [-0.05, 0) is 75.0 Å². The highest BCUT2D eigenvalue weighted by atomic mass is 16.5. The number of anilines is 1. The predicted octanol–water partition coefficient (Wildman–Crippen LogP) is 4.73. The fraction of sp³-hybridized carbons (Fsp3) is 0.703. The lowest BCUT2D eigenvalue weighted by atomic mass is 9.88. The van der Waals surface area contributed by atoms with Crippen molar-refractivity contribution in [2.45, 2.75) is 147 Å². The van der Waals surface area contributed by atoms with Gasteiger partial charge in [-0.3, -0.25) is 14.4 Å². The highest BCUT2D eigenvalue weighted by molar-refractivity contribution is 5.98. The smallest absolute Gasteiger partial charge is 0.407 e. The van der Waals surface area contributed by atoms with Crippen molar-refractivity contribution in [3.05, 3.63) is 29.8 Å². The summed E-state index contributed by atoms with van der Waals surface area (Å²) in [5.74, 6) is -1.52. The fourth-order valence-electron chi connectivity index (χ4n) is 6.67. The van der Waals surface area contributed by atoms with Crippen LogP contribution in [0.3, 0.4) is 0 Å². The first-order valence-electron chi connectivity index (χ1n) is 18.7. The molecule has 1 aromatic carbocycles. The highest BCUT2D eigenvalue weighted by Crippen LogP contribution is 2.23. The highest BCUT2D eigenvalue weighted by Gasteiger charge is 2.31. The molecule has 0 heterocycles. The van der Waals surface area contributed by atoms with Crippen LogP contribution >= 0.6 is 0 Å². The van der Waals surface area contributed by atoms with Crippen molar-refractivity contribution in [3.63, 3.8) is 0 Å². The van der Waals surface area contributed by atoms with Gasteiger partial charge >= 0.3 is 12.1 Å². The molecule has 4 atom stereocenters. The Bertz CT molecular complexity index is 1220. The monoisotopic (exact) mass is 699 g/mol. The van der Waals surface area contributed by atoms with Crippen molar-refractivity contribution in [3.8, 4) is 0 Å². The number of alkyl carbamates (subject to hydrolysis) is 1. The van der Waals surface area contributed by atoms with Crippen molar-refractivity contribution in [2.24, 2.45) is 23.3 Å². The molecule has 2 aliphatic rings. The van der Waals surface area contributed by atoms with E-state index in [4.69, 9.17) is 16.2 Å². The third-order valence-corrected chi connectivity index (χ3v) is 9.75. The molecule has 0 aliphatic heterocycles. The van der Waals surface area contributed by atoms with Crippen molar-refractivity contribution in [2.75, 3.05) is 11.9 Å². The number of ether oxygens (including phenoxy) is 1. The molecule has 2 fully saturated rings. The zero-order valence-electron chi connectivity index (χ0n) is 30.1. The second-order valence-electron chi connectivity index (χ2n) is 14.3. The summed E-state index contributed by atoms with van der Waals surface area (Å²) in [5, 5.41) is 14.2. The van der Waals surface area contributed by atoms with Gasteiger partial charge in [0.25, 0.3) is 0 Å². The first kappa shape index (κ1) is 40.6. The second-order valence-corrected chi connectivity index (χ2v) is 14.3. The Morgan fingerprint density at radius 3 is 2.10 bits per heavy atom. The molecule has 2 unspecified atom stereocenters. The van der Waals surface area contributed by atoms with E-state index in [0.29, 0.717) is 18.5 Å². The Morgan fingerprint density at radius 2 is 1.44 bits per heavy atom. The standard InChI is InChI=1S/C37H61N7O6/c1-25(2)32(44-33(45)27-12-9-10-13-28(38)20-19-27)35(47)43-31(16-11-23-40-36(39)48)34(46)41-30-21-17-26(18-22-30)24-50-37(49)42-29-14-7-5-3-4-6-8-15-29/h17-18,21-22,25,27-29,31-32H,3-16,19-20,23-24,38H2,1-2H3,(H,41,46)(H,42,49)(H,43,47)(H,44,45)(H3,39,40,48)/t27?,28?,31-,32-/m0/s1. The van der Waals surface area contributed by atoms with Crippen molar-refractivity contribution < 1.29 is 28.7 Å². The van der Waals surface area contributed by atoms with Crippen LogP contribution in [0.15, 0.2) is 24.3 Å². The van der Waals surface area contributed by atoms with Crippen molar-refractivity contribution >= 4 is 35.5 Å². The number of hydrogen-bond acceptors (Lipinski definition) is 7. The number of nitrogens with one attached hydrogen (secondary N) is 5. The van der Waals surface area contributed by atoms with Crippen LogP contribution in [0.5, 0.6) is 0 Å². The minimum atomic E-state index is -0.945. The molecular formula is C37H61N7O6. The molecule has 0 spiro atoms. The number of carbonyl (C=O) groups is 5. The summed E-state index contributed by atoms with van der Waals surface area (Å²) in [5.41, 5.74) is 12.6. The molecule has 0 aromatic heterocycles. The molecule has 2 saturated carbocycles. The van der Waals surface area contributed by atoms with Crippen LogP contribution in [0.2, 0.25) is 0 Å². The molecule has 6 amide bonds. The molecule has 0 bridgehead atoms. The van der Waals surface area contributed by atoms with Crippen LogP contribution in [0.25, 0.3) is 0 Å². The van der Waals surface area contributed by atoms with E-state index in [-0.39, 0.29) is 49.4 Å². The van der Waals surface area contributed by atoms with E-state index in [9.17, 15) is 24.0 Å². The molecule has 0 radical (unpaired) electrons. The summed E-state index contributed by atoms with van der Waals surface area (Å²) in [6, 6.07) is 4.70. The number of nitrogens with two attached hydrogens (primary N) is 2. The topological polar surface area (TPSA) is 207 Å². The van der Waals surface area contributed by atoms with Gasteiger partial charge in [-0.15, -0.1) is 0 Å².